The van der Waals surface area contributed by atoms with Gasteiger partial charge in [-0.1, -0.05) is 11.6 Å². The molecule has 2 N–H and O–H groups in total. The fourth-order valence-electron chi connectivity index (χ4n) is 1.34. The number of hydrogen-bond donors (Lipinski definition) is 2. The van der Waals surface area contributed by atoms with E-state index in [4.69, 9.17) is 28.2 Å². The summed E-state index contributed by atoms with van der Waals surface area (Å²) in [5.74, 6) is -0.272. The molecule has 104 valence electrons. The number of benzene rings is 1. The molecule has 0 atom stereocenters. The van der Waals surface area contributed by atoms with Gasteiger partial charge in [0, 0.05) is 10.2 Å². The highest BCUT2D eigenvalue weighted by atomic mass is 79.9. The topological polar surface area (TPSA) is 54.3 Å². The second kappa shape index (κ2) is 6.71. The molecule has 0 saturated heterocycles. The number of amides is 1. The zero-order valence-corrected chi connectivity index (χ0v) is 14.5. The van der Waals surface area contributed by atoms with E-state index in [0.29, 0.717) is 15.4 Å². The average molecular weight is 439 g/mol. The van der Waals surface area contributed by atoms with E-state index in [1.165, 1.54) is 0 Å². The Morgan fingerprint density at radius 3 is 2.60 bits per heavy atom. The van der Waals surface area contributed by atoms with Gasteiger partial charge >= 0.3 is 0 Å². The molecule has 0 unspecified atom stereocenters. The molecule has 0 aliphatic rings. The molecule has 0 radical (unpaired) electrons. The van der Waals surface area contributed by atoms with Crippen molar-refractivity contribution in [1.29, 1.82) is 0 Å². The van der Waals surface area contributed by atoms with Crippen molar-refractivity contribution in [2.24, 2.45) is 0 Å². The van der Waals surface area contributed by atoms with Crippen LogP contribution < -0.4 is 10.6 Å². The molecule has 8 heteroatoms. The Kier molecular flexibility index (Phi) is 5.20. The van der Waals surface area contributed by atoms with Gasteiger partial charge in [0.05, 0.1) is 5.02 Å². The van der Waals surface area contributed by atoms with Gasteiger partial charge < -0.3 is 9.73 Å². The number of furan rings is 1. The standard InChI is InChI=1S/C12H7Br2ClN2O2S/c13-7-2-1-6(5-8(7)15)16-12(20)17-11(18)9-3-4-10(14)19-9/h1-5H,(H2,16,17,18,20). The van der Waals surface area contributed by atoms with E-state index in [-0.39, 0.29) is 10.9 Å². The van der Waals surface area contributed by atoms with E-state index in [9.17, 15) is 4.79 Å². The third kappa shape index (κ3) is 4.05. The number of anilines is 1. The highest BCUT2D eigenvalue weighted by Crippen LogP contribution is 2.25. The Morgan fingerprint density at radius 1 is 1.25 bits per heavy atom. The molecule has 20 heavy (non-hydrogen) atoms. The average Bonchev–Trinajstić information content (AvgIpc) is 2.80. The number of thiocarbonyl (C=S) groups is 1. The molecule has 1 aromatic heterocycles. The first kappa shape index (κ1) is 15.5. The summed E-state index contributed by atoms with van der Waals surface area (Å²) in [4.78, 5) is 11.8. The van der Waals surface area contributed by atoms with Gasteiger partial charge in [-0.2, -0.15) is 0 Å². The minimum Gasteiger partial charge on any atom is -0.444 e. The Balaban J connectivity index is 1.98. The Hall–Kier alpha value is -0.890. The summed E-state index contributed by atoms with van der Waals surface area (Å²) in [6, 6.07) is 8.41. The second-order valence-corrected chi connectivity index (χ2v) is 6.09. The summed E-state index contributed by atoms with van der Waals surface area (Å²) in [6.07, 6.45) is 0. The van der Waals surface area contributed by atoms with Crippen molar-refractivity contribution in [2.75, 3.05) is 5.32 Å². The summed E-state index contributed by atoms with van der Waals surface area (Å²) in [5, 5.41) is 6.06. The van der Waals surface area contributed by atoms with E-state index in [2.05, 4.69) is 42.5 Å². The molecular weight excluding hydrogens is 431 g/mol. The molecule has 4 nitrogen and oxygen atoms in total. The molecule has 2 aromatic rings. The van der Waals surface area contributed by atoms with Crippen molar-refractivity contribution in [2.45, 2.75) is 0 Å². The second-order valence-electron chi connectivity index (χ2n) is 3.64. The first-order valence-corrected chi connectivity index (χ1v) is 7.65. The van der Waals surface area contributed by atoms with Crippen LogP contribution in [0.15, 0.2) is 43.9 Å². The van der Waals surface area contributed by atoms with Gasteiger partial charge in [-0.15, -0.1) is 0 Å². The maximum Gasteiger partial charge on any atom is 0.293 e. The van der Waals surface area contributed by atoms with Crippen molar-refractivity contribution in [3.05, 3.63) is 50.3 Å². The largest absolute Gasteiger partial charge is 0.444 e. The van der Waals surface area contributed by atoms with Crippen molar-refractivity contribution in [1.82, 2.24) is 5.32 Å². The molecule has 1 aromatic carbocycles. The molecule has 1 heterocycles. The summed E-state index contributed by atoms with van der Waals surface area (Å²) >= 11 is 17.4. The van der Waals surface area contributed by atoms with Gasteiger partial charge in [0.1, 0.15) is 0 Å². The van der Waals surface area contributed by atoms with E-state index < -0.39 is 5.91 Å². The lowest BCUT2D eigenvalue weighted by atomic mass is 10.3. The van der Waals surface area contributed by atoms with Crippen LogP contribution in [0.1, 0.15) is 10.6 Å². The van der Waals surface area contributed by atoms with Crippen molar-refractivity contribution in [3.8, 4) is 0 Å². The predicted molar refractivity (Wildman–Crippen MR) is 89.2 cm³/mol. The van der Waals surface area contributed by atoms with Gasteiger partial charge in [0.25, 0.3) is 5.91 Å². The molecule has 0 aliphatic carbocycles. The van der Waals surface area contributed by atoms with E-state index in [1.54, 1.807) is 30.3 Å². The molecule has 0 fully saturated rings. The summed E-state index contributed by atoms with van der Waals surface area (Å²) in [7, 11) is 0. The Labute approximate surface area is 142 Å². The van der Waals surface area contributed by atoms with Crippen LogP contribution in [0, 0.1) is 0 Å². The lowest BCUT2D eigenvalue weighted by molar-refractivity contribution is 0.0949. The van der Waals surface area contributed by atoms with Gasteiger partial charge in [-0.05, 0) is 74.4 Å². The summed E-state index contributed by atoms with van der Waals surface area (Å²) in [5.41, 5.74) is 0.670. The van der Waals surface area contributed by atoms with Gasteiger partial charge in [0.15, 0.2) is 15.5 Å². The highest BCUT2D eigenvalue weighted by Gasteiger charge is 2.12. The van der Waals surface area contributed by atoms with Crippen molar-refractivity contribution in [3.63, 3.8) is 0 Å². The molecule has 1 amide bonds. The molecule has 2 rings (SSSR count). The number of nitrogens with one attached hydrogen (secondary N) is 2. The number of carbonyl (C=O) groups excluding carboxylic acids is 1. The summed E-state index contributed by atoms with van der Waals surface area (Å²) < 4.78 is 6.37. The van der Waals surface area contributed by atoms with Crippen LogP contribution in [-0.2, 0) is 0 Å². The van der Waals surface area contributed by atoms with Gasteiger partial charge in [-0.3, -0.25) is 10.1 Å². The van der Waals surface area contributed by atoms with Gasteiger partial charge in [0.2, 0.25) is 0 Å². The van der Waals surface area contributed by atoms with Crippen molar-refractivity contribution >= 4 is 72.4 Å². The van der Waals surface area contributed by atoms with E-state index >= 15 is 0 Å². The monoisotopic (exact) mass is 436 g/mol. The molecule has 0 spiro atoms. The Bertz CT molecular complexity index is 675. The van der Waals surface area contributed by atoms with Crippen LogP contribution in [0.25, 0.3) is 0 Å². The number of hydrogen-bond acceptors (Lipinski definition) is 3. The number of carbonyl (C=O) groups is 1. The highest BCUT2D eigenvalue weighted by molar-refractivity contribution is 9.10. The first-order chi connectivity index (χ1) is 9.45. The number of halogens is 3. The fraction of sp³-hybridized carbons (Fsp3) is 0. The maximum absolute atomic E-state index is 11.8. The smallest absolute Gasteiger partial charge is 0.293 e. The van der Waals surface area contributed by atoms with Gasteiger partial charge in [-0.25, -0.2) is 0 Å². The molecular formula is C12H7Br2ClN2O2S. The number of rotatable bonds is 2. The van der Waals surface area contributed by atoms with E-state index in [0.717, 1.165) is 4.47 Å². The summed E-state index contributed by atoms with van der Waals surface area (Å²) in [6.45, 7) is 0. The van der Waals surface area contributed by atoms with Crippen LogP contribution in [0.2, 0.25) is 5.02 Å². The zero-order chi connectivity index (χ0) is 14.7. The maximum atomic E-state index is 11.8. The SMILES string of the molecule is O=C(NC(=S)Nc1ccc(Br)c(Cl)c1)c1ccc(Br)o1. The molecule has 0 bridgehead atoms. The normalized spacial score (nSPS) is 10.2. The third-order valence-electron chi connectivity index (χ3n) is 2.20. The first-order valence-electron chi connectivity index (χ1n) is 5.28. The fourth-order valence-corrected chi connectivity index (χ4v) is 2.28. The Morgan fingerprint density at radius 2 is 2.00 bits per heavy atom. The van der Waals surface area contributed by atoms with E-state index in [1.807, 2.05) is 0 Å². The predicted octanol–water partition coefficient (Wildman–Crippen LogP) is 4.58. The minimum absolute atomic E-state index is 0.154. The van der Waals surface area contributed by atoms with Crippen LogP contribution in [0.4, 0.5) is 5.69 Å². The molecule has 0 aliphatic heterocycles. The minimum atomic E-state index is -0.434. The van der Waals surface area contributed by atoms with Crippen LogP contribution in [0.3, 0.4) is 0 Å². The molecule has 0 saturated carbocycles. The quantitative estimate of drug-likeness (QED) is 0.674. The lowest BCUT2D eigenvalue weighted by Gasteiger charge is -2.09. The lowest BCUT2D eigenvalue weighted by Crippen LogP contribution is -2.33. The van der Waals surface area contributed by atoms with Crippen LogP contribution in [0.5, 0.6) is 0 Å². The zero-order valence-electron chi connectivity index (χ0n) is 9.75. The van der Waals surface area contributed by atoms with Crippen LogP contribution >= 0.6 is 55.7 Å². The third-order valence-corrected chi connectivity index (χ3v) is 4.06. The van der Waals surface area contributed by atoms with Crippen molar-refractivity contribution < 1.29 is 9.21 Å². The van der Waals surface area contributed by atoms with Crippen LogP contribution in [-0.4, -0.2) is 11.0 Å².